The van der Waals surface area contributed by atoms with E-state index in [1.54, 1.807) is 0 Å². The molecule has 2 heterocycles. The summed E-state index contributed by atoms with van der Waals surface area (Å²) >= 11 is 0. The van der Waals surface area contributed by atoms with Gasteiger partial charge in [-0.05, 0) is 54.0 Å². The van der Waals surface area contributed by atoms with E-state index in [1.807, 2.05) is 0 Å². The Morgan fingerprint density at radius 1 is 1.00 bits per heavy atom. The molecule has 3 aromatic rings. The predicted octanol–water partition coefficient (Wildman–Crippen LogP) is 4.90. The number of aryl methyl sites for hydroxylation is 2. The zero-order valence-corrected chi connectivity index (χ0v) is 13.8. The fourth-order valence-corrected chi connectivity index (χ4v) is 3.70. The minimum atomic E-state index is 0.561. The van der Waals surface area contributed by atoms with Gasteiger partial charge in [0, 0.05) is 11.6 Å². The average molecular weight is 288 g/mol. The number of benzene rings is 2. The molecule has 0 N–H and O–H groups in total. The number of rotatable bonds is 1. The first-order chi connectivity index (χ1) is 10.5. The standard InChI is InChI=1S/C21H22N/c1-13(2)17-6-5-16-7-8-22-12-20-15(4)9-14(3)10-19(20)21(22)18(16)11-17/h5-11,13H,12H2,1-4H3/q+1. The van der Waals surface area contributed by atoms with Crippen molar-refractivity contribution in [3.8, 4) is 11.3 Å². The van der Waals surface area contributed by atoms with Crippen LogP contribution in [-0.2, 0) is 6.54 Å². The number of aromatic nitrogens is 1. The van der Waals surface area contributed by atoms with Crippen LogP contribution in [-0.4, -0.2) is 0 Å². The second-order valence-corrected chi connectivity index (χ2v) is 6.90. The minimum Gasteiger partial charge on any atom is -0.193 e. The second-order valence-electron chi connectivity index (χ2n) is 6.90. The van der Waals surface area contributed by atoms with Crippen LogP contribution in [0.1, 0.15) is 42.0 Å². The summed E-state index contributed by atoms with van der Waals surface area (Å²) in [5, 5.41) is 2.72. The van der Waals surface area contributed by atoms with Crippen LogP contribution < -0.4 is 4.57 Å². The highest BCUT2D eigenvalue weighted by molar-refractivity contribution is 5.95. The molecule has 0 atom stereocenters. The van der Waals surface area contributed by atoms with Gasteiger partial charge in [0.1, 0.15) is 0 Å². The molecule has 1 heteroatoms. The molecular formula is C21H22N+. The Hall–Kier alpha value is -2.15. The molecule has 4 rings (SSSR count). The normalized spacial score (nSPS) is 12.8. The topological polar surface area (TPSA) is 3.88 Å². The van der Waals surface area contributed by atoms with Crippen LogP contribution >= 0.6 is 0 Å². The van der Waals surface area contributed by atoms with Crippen molar-refractivity contribution >= 4 is 10.8 Å². The lowest BCUT2D eigenvalue weighted by Gasteiger charge is -2.08. The summed E-state index contributed by atoms with van der Waals surface area (Å²) in [6.07, 6.45) is 2.24. The molecule has 0 unspecified atom stereocenters. The lowest BCUT2D eigenvalue weighted by Crippen LogP contribution is -2.31. The van der Waals surface area contributed by atoms with Crippen LogP contribution in [0.15, 0.2) is 42.6 Å². The van der Waals surface area contributed by atoms with E-state index in [9.17, 15) is 0 Å². The third-order valence-corrected chi connectivity index (χ3v) is 4.92. The van der Waals surface area contributed by atoms with Crippen LogP contribution in [0.2, 0.25) is 0 Å². The van der Waals surface area contributed by atoms with Gasteiger partial charge in [-0.3, -0.25) is 0 Å². The fraction of sp³-hybridized carbons (Fsp3) is 0.286. The molecule has 0 saturated carbocycles. The minimum absolute atomic E-state index is 0.561. The van der Waals surface area contributed by atoms with Crippen molar-refractivity contribution in [1.82, 2.24) is 0 Å². The number of pyridine rings is 1. The van der Waals surface area contributed by atoms with Gasteiger partial charge in [0.05, 0.1) is 10.9 Å². The van der Waals surface area contributed by atoms with Gasteiger partial charge in [-0.25, -0.2) is 0 Å². The van der Waals surface area contributed by atoms with Crippen LogP contribution in [0.3, 0.4) is 0 Å². The van der Waals surface area contributed by atoms with Crippen molar-refractivity contribution in [3.05, 3.63) is 64.8 Å². The molecule has 1 aliphatic heterocycles. The molecule has 22 heavy (non-hydrogen) atoms. The average Bonchev–Trinajstić information content (AvgIpc) is 2.86. The summed E-state index contributed by atoms with van der Waals surface area (Å²) in [6, 6.07) is 13.8. The maximum atomic E-state index is 2.41. The first-order valence-electron chi connectivity index (χ1n) is 8.11. The number of hydrogen-bond acceptors (Lipinski definition) is 0. The molecule has 0 fully saturated rings. The van der Waals surface area contributed by atoms with Crippen LogP contribution in [0.5, 0.6) is 0 Å². The Kier molecular flexibility index (Phi) is 2.87. The van der Waals surface area contributed by atoms with E-state index < -0.39 is 0 Å². The van der Waals surface area contributed by atoms with Gasteiger partial charge in [0.15, 0.2) is 12.7 Å². The molecule has 1 nitrogen and oxygen atoms in total. The summed E-state index contributed by atoms with van der Waals surface area (Å²) in [4.78, 5) is 0. The monoisotopic (exact) mass is 288 g/mol. The summed E-state index contributed by atoms with van der Waals surface area (Å²) in [5.74, 6) is 0.561. The molecule has 0 spiro atoms. The van der Waals surface area contributed by atoms with Crippen molar-refractivity contribution < 1.29 is 4.57 Å². The van der Waals surface area contributed by atoms with Crippen LogP contribution in [0, 0.1) is 13.8 Å². The zero-order valence-electron chi connectivity index (χ0n) is 13.8. The third-order valence-electron chi connectivity index (χ3n) is 4.92. The van der Waals surface area contributed by atoms with Crippen LogP contribution in [0.25, 0.3) is 22.0 Å². The van der Waals surface area contributed by atoms with Gasteiger partial charge in [-0.1, -0.05) is 32.0 Å². The Bertz CT molecular complexity index is 903. The summed E-state index contributed by atoms with van der Waals surface area (Å²) in [5.41, 5.74) is 8.46. The molecule has 0 aliphatic carbocycles. The highest BCUT2D eigenvalue weighted by Crippen LogP contribution is 2.35. The highest BCUT2D eigenvalue weighted by Gasteiger charge is 2.29. The van der Waals surface area contributed by atoms with Crippen LogP contribution in [0.4, 0.5) is 0 Å². The van der Waals surface area contributed by atoms with Gasteiger partial charge in [-0.2, -0.15) is 4.57 Å². The first kappa shape index (κ1) is 13.5. The van der Waals surface area contributed by atoms with Gasteiger partial charge in [-0.15, -0.1) is 0 Å². The summed E-state index contributed by atoms with van der Waals surface area (Å²) in [6.45, 7) is 9.96. The smallest absolute Gasteiger partial charge is 0.193 e. The number of nitrogens with zero attached hydrogens (tertiary/aromatic N) is 1. The van der Waals surface area contributed by atoms with E-state index >= 15 is 0 Å². The SMILES string of the molecule is Cc1cc(C)c2c(c1)-c1c3cc(C(C)C)ccc3cc[n+]1C2. The van der Waals surface area contributed by atoms with Gasteiger partial charge < -0.3 is 0 Å². The highest BCUT2D eigenvalue weighted by atomic mass is 15.0. The van der Waals surface area contributed by atoms with E-state index in [1.165, 1.54) is 44.3 Å². The summed E-state index contributed by atoms with van der Waals surface area (Å²) in [7, 11) is 0. The van der Waals surface area contributed by atoms with E-state index in [4.69, 9.17) is 0 Å². The van der Waals surface area contributed by atoms with Gasteiger partial charge in [0.25, 0.3) is 0 Å². The van der Waals surface area contributed by atoms with E-state index in [2.05, 4.69) is 74.9 Å². The maximum absolute atomic E-state index is 2.41. The molecule has 0 saturated heterocycles. The van der Waals surface area contributed by atoms with Crippen molar-refractivity contribution in [2.24, 2.45) is 0 Å². The molecule has 2 aromatic carbocycles. The van der Waals surface area contributed by atoms with Crippen molar-refractivity contribution in [2.75, 3.05) is 0 Å². The Morgan fingerprint density at radius 2 is 1.82 bits per heavy atom. The predicted molar refractivity (Wildman–Crippen MR) is 92.2 cm³/mol. The fourth-order valence-electron chi connectivity index (χ4n) is 3.70. The van der Waals surface area contributed by atoms with Gasteiger partial charge in [0.2, 0.25) is 5.69 Å². The largest absolute Gasteiger partial charge is 0.221 e. The molecule has 0 amide bonds. The van der Waals surface area contributed by atoms with E-state index in [0.29, 0.717) is 5.92 Å². The van der Waals surface area contributed by atoms with E-state index in [-0.39, 0.29) is 0 Å². The van der Waals surface area contributed by atoms with Gasteiger partial charge >= 0.3 is 0 Å². The second kappa shape index (κ2) is 4.67. The zero-order chi connectivity index (χ0) is 15.4. The quantitative estimate of drug-likeness (QED) is 0.439. The first-order valence-corrected chi connectivity index (χ1v) is 8.11. The molecule has 0 bridgehead atoms. The molecule has 1 aromatic heterocycles. The lowest BCUT2D eigenvalue weighted by atomic mass is 9.94. The molecule has 1 aliphatic rings. The van der Waals surface area contributed by atoms with Crippen molar-refractivity contribution in [3.63, 3.8) is 0 Å². The lowest BCUT2D eigenvalue weighted by molar-refractivity contribution is -0.671. The number of hydrogen-bond donors (Lipinski definition) is 0. The Labute approximate surface area is 132 Å². The molecule has 110 valence electrons. The van der Waals surface area contributed by atoms with E-state index in [0.717, 1.165) is 6.54 Å². The van der Waals surface area contributed by atoms with Crippen molar-refractivity contribution in [1.29, 1.82) is 0 Å². The number of fused-ring (bicyclic) bond motifs is 5. The summed E-state index contributed by atoms with van der Waals surface area (Å²) < 4.78 is 2.41. The molecule has 0 radical (unpaired) electrons. The Balaban J connectivity index is 2.08. The van der Waals surface area contributed by atoms with Crippen molar-refractivity contribution in [2.45, 2.75) is 40.2 Å². The molecular weight excluding hydrogens is 266 g/mol. The maximum Gasteiger partial charge on any atom is 0.221 e. The third kappa shape index (κ3) is 1.89. The Morgan fingerprint density at radius 3 is 2.59 bits per heavy atom.